The van der Waals surface area contributed by atoms with Gasteiger partial charge < -0.3 is 10.2 Å². The molecule has 0 aliphatic heterocycles. The van der Waals surface area contributed by atoms with Crippen molar-refractivity contribution in [2.75, 3.05) is 0 Å². The molecule has 144 valence electrons. The number of carbonyl (C=O) groups excluding carboxylic acids is 1. The lowest BCUT2D eigenvalue weighted by Gasteiger charge is -2.57. The number of hydrogen-bond acceptors (Lipinski definition) is 3. The molecule has 5 aliphatic carbocycles. The van der Waals surface area contributed by atoms with Crippen molar-refractivity contribution in [3.63, 3.8) is 0 Å². The van der Waals surface area contributed by atoms with Crippen molar-refractivity contribution >= 4 is 11.8 Å². The van der Waals surface area contributed by atoms with Gasteiger partial charge in [-0.25, -0.2) is 4.79 Å². The van der Waals surface area contributed by atoms with E-state index in [4.69, 9.17) is 5.11 Å². The van der Waals surface area contributed by atoms with Crippen LogP contribution in [0.1, 0.15) is 45.4 Å². The number of carboxylic acid groups (broad SMARTS) is 1. The van der Waals surface area contributed by atoms with Crippen LogP contribution in [-0.2, 0) is 9.59 Å². The zero-order valence-corrected chi connectivity index (χ0v) is 15.9. The maximum Gasteiger partial charge on any atom is 0.328 e. The molecular weight excluding hydrogens is 340 g/mol. The Morgan fingerprint density at radius 3 is 2.81 bits per heavy atom. The maximum absolute atomic E-state index is 11.9. The van der Waals surface area contributed by atoms with Crippen LogP contribution in [-0.4, -0.2) is 27.6 Å². The van der Waals surface area contributed by atoms with Gasteiger partial charge in [-0.2, -0.15) is 0 Å². The normalized spacial score (nSPS) is 50.5. The Hall–Kier alpha value is -1.68. The highest BCUT2D eigenvalue weighted by Crippen LogP contribution is 2.76. The Morgan fingerprint density at radius 2 is 2.07 bits per heavy atom. The van der Waals surface area contributed by atoms with Crippen molar-refractivity contribution in [2.45, 2.75) is 51.0 Å². The highest BCUT2D eigenvalue weighted by Gasteiger charge is 2.75. The third kappa shape index (κ3) is 2.19. The highest BCUT2D eigenvalue weighted by atomic mass is 16.4. The number of hydrogen-bond donors (Lipinski definition) is 2. The first-order valence-corrected chi connectivity index (χ1v) is 10.3. The Bertz CT molecular complexity index is 807. The van der Waals surface area contributed by atoms with Crippen molar-refractivity contribution in [3.8, 4) is 0 Å². The van der Waals surface area contributed by atoms with Crippen molar-refractivity contribution in [1.82, 2.24) is 0 Å². The predicted molar refractivity (Wildman–Crippen MR) is 101 cm³/mol. The van der Waals surface area contributed by atoms with Gasteiger partial charge in [0, 0.05) is 17.9 Å². The summed E-state index contributed by atoms with van der Waals surface area (Å²) in [5.41, 5.74) is 1.04. The molecule has 5 aliphatic rings. The molecule has 8 atom stereocenters. The van der Waals surface area contributed by atoms with Crippen LogP contribution in [0.25, 0.3) is 0 Å². The van der Waals surface area contributed by atoms with Gasteiger partial charge in [0.25, 0.3) is 0 Å². The van der Waals surface area contributed by atoms with Crippen LogP contribution in [0.4, 0.5) is 0 Å². The number of carbonyl (C=O) groups is 2. The fourth-order valence-electron chi connectivity index (χ4n) is 7.69. The number of fused-ring (bicyclic) bond motifs is 7. The first kappa shape index (κ1) is 17.4. The first-order valence-electron chi connectivity index (χ1n) is 10.3. The number of aliphatic hydroxyl groups is 1. The average molecular weight is 368 g/mol. The standard InChI is InChI=1S/C23H28O4/c1-12-9-17-15(14-4-3-13(24)10-16(12)14)5-7-22(2)21(17)18-11-19(18)23(22,27)8-6-20(25)26/h6,8,10,14-15,17-19,21,27H,1,3-5,7,9,11H2,2H3,(H,25,26)/b8-6-/t14-,15-,17-,18-,19+,21-,22+,23+/m1/s1. The fourth-order valence-corrected chi connectivity index (χ4v) is 7.69. The number of ketones is 1. The van der Waals surface area contributed by atoms with Gasteiger partial charge >= 0.3 is 5.97 Å². The van der Waals surface area contributed by atoms with Crippen LogP contribution in [0.3, 0.4) is 0 Å². The number of rotatable bonds is 2. The molecule has 0 aromatic heterocycles. The molecule has 4 nitrogen and oxygen atoms in total. The summed E-state index contributed by atoms with van der Waals surface area (Å²) in [6, 6.07) is 0. The van der Waals surface area contributed by atoms with Crippen molar-refractivity contribution < 1.29 is 19.8 Å². The molecule has 0 heterocycles. The summed E-state index contributed by atoms with van der Waals surface area (Å²) < 4.78 is 0. The van der Waals surface area contributed by atoms with E-state index in [0.717, 1.165) is 43.8 Å². The molecule has 0 aromatic rings. The average Bonchev–Trinajstić information content (AvgIpc) is 3.37. The van der Waals surface area contributed by atoms with Gasteiger partial charge in [-0.05, 0) is 85.3 Å². The molecule has 0 aromatic carbocycles. The Balaban J connectivity index is 1.51. The third-order valence-electron chi connectivity index (χ3n) is 8.83. The Kier molecular flexibility index (Phi) is 3.51. The molecular formula is C23H28O4. The second-order valence-corrected chi connectivity index (χ2v) is 9.83. The monoisotopic (exact) mass is 368 g/mol. The topological polar surface area (TPSA) is 74.6 Å². The van der Waals surface area contributed by atoms with Crippen molar-refractivity contribution in [1.29, 1.82) is 0 Å². The molecule has 2 N–H and O–H groups in total. The number of aliphatic carboxylic acids is 1. The second-order valence-electron chi connectivity index (χ2n) is 9.83. The smallest absolute Gasteiger partial charge is 0.328 e. The van der Waals surface area contributed by atoms with Crippen molar-refractivity contribution in [3.05, 3.63) is 36.0 Å². The summed E-state index contributed by atoms with van der Waals surface area (Å²) in [4.78, 5) is 23.0. The van der Waals surface area contributed by atoms with Gasteiger partial charge in [0.05, 0.1) is 5.60 Å². The van der Waals surface area contributed by atoms with Gasteiger partial charge in [0.2, 0.25) is 0 Å². The molecule has 0 spiro atoms. The van der Waals surface area contributed by atoms with Crippen molar-refractivity contribution in [2.24, 2.45) is 40.9 Å². The molecule has 0 bridgehead atoms. The van der Waals surface area contributed by atoms with Gasteiger partial charge in [-0.1, -0.05) is 19.1 Å². The van der Waals surface area contributed by atoms with Gasteiger partial charge in [-0.15, -0.1) is 0 Å². The molecule has 0 saturated heterocycles. The first-order chi connectivity index (χ1) is 12.8. The van der Waals surface area contributed by atoms with E-state index in [1.165, 1.54) is 5.57 Å². The second kappa shape index (κ2) is 5.44. The molecule has 0 unspecified atom stereocenters. The van der Waals surface area contributed by atoms with E-state index < -0.39 is 11.6 Å². The summed E-state index contributed by atoms with van der Waals surface area (Å²) in [5, 5.41) is 20.7. The molecule has 4 saturated carbocycles. The van der Waals surface area contributed by atoms with Crippen LogP contribution in [0.15, 0.2) is 36.0 Å². The van der Waals surface area contributed by atoms with Gasteiger partial charge in [-0.3, -0.25) is 4.79 Å². The zero-order chi connectivity index (χ0) is 19.1. The predicted octanol–water partition coefficient (Wildman–Crippen LogP) is 3.52. The van der Waals surface area contributed by atoms with Gasteiger partial charge in [0.15, 0.2) is 5.78 Å². The maximum atomic E-state index is 11.9. The van der Waals surface area contributed by atoms with E-state index in [9.17, 15) is 14.7 Å². The van der Waals surface area contributed by atoms with Crippen LogP contribution in [0, 0.1) is 40.9 Å². The minimum Gasteiger partial charge on any atom is -0.478 e. The van der Waals surface area contributed by atoms with E-state index in [-0.39, 0.29) is 17.1 Å². The molecule has 0 amide bonds. The van der Waals surface area contributed by atoms with Crippen LogP contribution in [0.5, 0.6) is 0 Å². The van der Waals surface area contributed by atoms with Gasteiger partial charge in [0.1, 0.15) is 0 Å². The van der Waals surface area contributed by atoms with E-state index in [2.05, 4.69) is 13.5 Å². The lowest BCUT2D eigenvalue weighted by molar-refractivity contribution is -0.132. The lowest BCUT2D eigenvalue weighted by atomic mass is 9.48. The third-order valence-corrected chi connectivity index (χ3v) is 8.83. The number of allylic oxidation sites excluding steroid dienone is 2. The minimum absolute atomic E-state index is 0.194. The summed E-state index contributed by atoms with van der Waals surface area (Å²) in [7, 11) is 0. The largest absolute Gasteiger partial charge is 0.478 e. The molecule has 5 rings (SSSR count). The quantitative estimate of drug-likeness (QED) is 0.731. The summed E-state index contributed by atoms with van der Waals surface area (Å²) in [6.45, 7) is 6.51. The van der Waals surface area contributed by atoms with E-state index in [1.54, 1.807) is 6.08 Å². The van der Waals surface area contributed by atoms with Crippen LogP contribution < -0.4 is 0 Å². The van der Waals surface area contributed by atoms with E-state index in [0.29, 0.717) is 36.0 Å². The summed E-state index contributed by atoms with van der Waals surface area (Å²) >= 11 is 0. The number of carboxylic acids is 1. The molecule has 0 radical (unpaired) electrons. The molecule has 27 heavy (non-hydrogen) atoms. The van der Waals surface area contributed by atoms with E-state index >= 15 is 0 Å². The lowest BCUT2D eigenvalue weighted by Crippen LogP contribution is -2.54. The minimum atomic E-state index is -1.01. The summed E-state index contributed by atoms with van der Waals surface area (Å²) in [6.07, 6.45) is 10.0. The SMILES string of the molecule is C=C1C[C@@H]2[C@H](CC[C@@]3(C)[C@H]2[C@@H]2C[C@@H]2[C@@]3(O)/C=C\C(=O)O)[C@H]2CCC(=O)C=C12. The van der Waals surface area contributed by atoms with E-state index in [1.807, 2.05) is 6.08 Å². The Labute approximate surface area is 160 Å². The zero-order valence-electron chi connectivity index (χ0n) is 15.9. The highest BCUT2D eigenvalue weighted by molar-refractivity contribution is 5.92. The molecule has 4 heteroatoms. The fraction of sp³-hybridized carbons (Fsp3) is 0.652. The molecule has 4 fully saturated rings. The van der Waals surface area contributed by atoms with Crippen LogP contribution in [0.2, 0.25) is 0 Å². The Morgan fingerprint density at radius 1 is 1.30 bits per heavy atom. The summed E-state index contributed by atoms with van der Waals surface area (Å²) in [5.74, 6) is 1.86. The van der Waals surface area contributed by atoms with Crippen LogP contribution >= 0.6 is 0 Å².